The van der Waals surface area contributed by atoms with E-state index in [1.54, 1.807) is 0 Å². The predicted octanol–water partition coefficient (Wildman–Crippen LogP) is 1.61. The number of ether oxygens (including phenoxy) is 2. The minimum Gasteiger partial charge on any atom is -0.490 e. The second-order valence-corrected chi connectivity index (χ2v) is 2.06. The van der Waals surface area contributed by atoms with Gasteiger partial charge in [-0.2, -0.15) is 0 Å². The molecule has 0 aliphatic rings. The summed E-state index contributed by atoms with van der Waals surface area (Å²) in [4.78, 5) is 9.92. The van der Waals surface area contributed by atoms with Crippen LogP contribution in [0.1, 0.15) is 8.22 Å². The fraction of sp³-hybridized carbons (Fsp3) is 0.250. The molecule has 0 heterocycles. The Morgan fingerprint density at radius 3 is 2.31 bits per heavy atom. The average Bonchev–Trinajstić information content (AvgIpc) is 2.11. The zero-order valence-electron chi connectivity index (χ0n) is 12.3. The van der Waals surface area contributed by atoms with E-state index in [1.165, 1.54) is 6.07 Å². The summed E-state index contributed by atoms with van der Waals surface area (Å²) in [7, 11) is -5.80. The minimum absolute atomic E-state index is 0.591. The molecule has 1 rings (SSSR count). The molecule has 1 aromatic carbocycles. The first-order valence-corrected chi connectivity index (χ1v) is 3.15. The number of hydrogen-bond donors (Lipinski definition) is 0. The summed E-state index contributed by atoms with van der Waals surface area (Å²) in [6.45, 7) is 0. The molecule has 0 aliphatic carbocycles. The maximum absolute atomic E-state index is 10.9. The standard InChI is InChI=1S/C8H9NO4/c1-12-6-4-3-5-7(13-2)8(6)9(10)11/h3-5H,1-2H3/i1D3,2D3. The van der Waals surface area contributed by atoms with Crippen molar-refractivity contribution in [1.82, 2.24) is 0 Å². The third-order valence-corrected chi connectivity index (χ3v) is 1.36. The van der Waals surface area contributed by atoms with Gasteiger partial charge >= 0.3 is 5.69 Å². The number of benzene rings is 1. The van der Waals surface area contributed by atoms with Crippen molar-refractivity contribution in [3.8, 4) is 11.5 Å². The molecule has 5 heteroatoms. The highest BCUT2D eigenvalue weighted by Gasteiger charge is 2.20. The normalized spacial score (nSPS) is 18.2. The summed E-state index contributed by atoms with van der Waals surface area (Å²) < 4.78 is 50.3. The van der Waals surface area contributed by atoms with Crippen molar-refractivity contribution < 1.29 is 22.6 Å². The van der Waals surface area contributed by atoms with Gasteiger partial charge in [0.1, 0.15) is 0 Å². The highest BCUT2D eigenvalue weighted by Crippen LogP contribution is 2.35. The van der Waals surface area contributed by atoms with Crippen LogP contribution in [0.4, 0.5) is 5.69 Å². The second-order valence-electron chi connectivity index (χ2n) is 2.06. The molecular formula is C8H9NO4. The van der Waals surface area contributed by atoms with Gasteiger partial charge in [-0.05, 0) is 12.1 Å². The summed E-state index contributed by atoms with van der Waals surface area (Å²) in [6.07, 6.45) is 0. The third kappa shape index (κ3) is 1.69. The summed E-state index contributed by atoms with van der Waals surface area (Å²) in [5.74, 6) is -1.18. The molecule has 13 heavy (non-hydrogen) atoms. The summed E-state index contributed by atoms with van der Waals surface area (Å²) in [6, 6.07) is 3.27. The van der Waals surface area contributed by atoms with Gasteiger partial charge in [-0.1, -0.05) is 6.07 Å². The van der Waals surface area contributed by atoms with E-state index in [0.717, 1.165) is 12.1 Å². The molecule has 0 amide bonds. The van der Waals surface area contributed by atoms with Crippen LogP contribution in [0.15, 0.2) is 18.2 Å². The van der Waals surface area contributed by atoms with E-state index >= 15 is 0 Å². The molecule has 0 aliphatic heterocycles. The Bertz CT molecular complexity index is 449. The molecule has 0 radical (unpaired) electrons. The lowest BCUT2D eigenvalue weighted by atomic mass is 10.3. The number of nitro benzene ring substituents is 1. The zero-order chi connectivity index (χ0) is 14.8. The van der Waals surface area contributed by atoms with Crippen molar-refractivity contribution in [3.63, 3.8) is 0 Å². The van der Waals surface area contributed by atoms with E-state index in [4.69, 9.17) is 8.22 Å². The van der Waals surface area contributed by atoms with E-state index in [1.807, 2.05) is 0 Å². The summed E-state index contributed by atoms with van der Waals surface area (Å²) >= 11 is 0. The molecule has 0 saturated heterocycles. The van der Waals surface area contributed by atoms with E-state index < -0.39 is 36.2 Å². The quantitative estimate of drug-likeness (QED) is 0.535. The number of methoxy groups -OCH3 is 2. The molecule has 0 atom stereocenters. The van der Waals surface area contributed by atoms with Crippen LogP contribution in [0, 0.1) is 10.1 Å². The smallest absolute Gasteiger partial charge is 0.352 e. The van der Waals surface area contributed by atoms with Gasteiger partial charge in [-0.25, -0.2) is 0 Å². The van der Waals surface area contributed by atoms with Crippen LogP contribution in [0.2, 0.25) is 0 Å². The van der Waals surface area contributed by atoms with Gasteiger partial charge in [0.05, 0.1) is 27.2 Å². The fourth-order valence-electron chi connectivity index (χ4n) is 0.847. The topological polar surface area (TPSA) is 61.6 Å². The van der Waals surface area contributed by atoms with E-state index in [9.17, 15) is 10.1 Å². The van der Waals surface area contributed by atoms with Crippen LogP contribution in [0.25, 0.3) is 0 Å². The molecule has 0 aromatic heterocycles. The molecular weight excluding hydrogens is 174 g/mol. The van der Waals surface area contributed by atoms with Crippen LogP contribution >= 0.6 is 0 Å². The third-order valence-electron chi connectivity index (χ3n) is 1.36. The Morgan fingerprint density at radius 1 is 1.38 bits per heavy atom. The van der Waals surface area contributed by atoms with Crippen molar-refractivity contribution >= 4 is 5.69 Å². The molecule has 70 valence electrons. The first kappa shape index (κ1) is 3.95. The maximum Gasteiger partial charge on any atom is 0.352 e. The predicted molar refractivity (Wildman–Crippen MR) is 46.2 cm³/mol. The van der Waals surface area contributed by atoms with Crippen molar-refractivity contribution in [2.45, 2.75) is 0 Å². The largest absolute Gasteiger partial charge is 0.490 e. The SMILES string of the molecule is [2H]C([2H])([2H])Oc1cccc(OC([2H])([2H])[2H])c1[N+](=O)[O-]. The Kier molecular flexibility index (Phi) is 1.14. The second kappa shape index (κ2) is 3.75. The number of para-hydroxylation sites is 1. The van der Waals surface area contributed by atoms with Gasteiger partial charge in [0.2, 0.25) is 11.5 Å². The van der Waals surface area contributed by atoms with Crippen molar-refractivity contribution in [2.75, 3.05) is 14.1 Å². The monoisotopic (exact) mass is 189 g/mol. The average molecular weight is 189 g/mol. The van der Waals surface area contributed by atoms with Gasteiger partial charge in [0.15, 0.2) is 0 Å². The van der Waals surface area contributed by atoms with E-state index in [0.29, 0.717) is 0 Å². The van der Waals surface area contributed by atoms with E-state index in [-0.39, 0.29) is 0 Å². The van der Waals surface area contributed by atoms with E-state index in [2.05, 4.69) is 9.47 Å². The molecule has 0 saturated carbocycles. The highest BCUT2D eigenvalue weighted by molar-refractivity contribution is 5.56. The lowest BCUT2D eigenvalue weighted by molar-refractivity contribution is -0.386. The van der Waals surface area contributed by atoms with Crippen molar-refractivity contribution in [1.29, 1.82) is 0 Å². The van der Waals surface area contributed by atoms with Crippen LogP contribution in [0.3, 0.4) is 0 Å². The zero-order valence-corrected chi connectivity index (χ0v) is 6.31. The summed E-state index contributed by atoms with van der Waals surface area (Å²) in [5, 5.41) is 10.9. The molecule has 0 fully saturated rings. The Labute approximate surface area is 83.5 Å². The number of nitrogens with zero attached hydrogens (tertiary/aromatic N) is 1. The van der Waals surface area contributed by atoms with Gasteiger partial charge in [0, 0.05) is 0 Å². The van der Waals surface area contributed by atoms with Crippen LogP contribution < -0.4 is 9.47 Å². The van der Waals surface area contributed by atoms with Crippen molar-refractivity contribution in [2.24, 2.45) is 0 Å². The lowest BCUT2D eigenvalue weighted by Crippen LogP contribution is -1.96. The van der Waals surface area contributed by atoms with Gasteiger partial charge < -0.3 is 9.47 Å². The number of rotatable bonds is 3. The van der Waals surface area contributed by atoms with Crippen LogP contribution in [0.5, 0.6) is 11.5 Å². The first-order chi connectivity index (χ1) is 8.49. The van der Waals surface area contributed by atoms with Gasteiger partial charge in [-0.3, -0.25) is 10.1 Å². The molecule has 0 unspecified atom stereocenters. The summed E-state index contributed by atoms with van der Waals surface area (Å²) in [5.41, 5.74) is -0.852. The molecule has 0 N–H and O–H groups in total. The van der Waals surface area contributed by atoms with Gasteiger partial charge in [0.25, 0.3) is 0 Å². The first-order valence-electron chi connectivity index (χ1n) is 6.15. The minimum atomic E-state index is -2.90. The molecule has 1 aromatic rings. The highest BCUT2D eigenvalue weighted by atomic mass is 16.6. The Hall–Kier alpha value is -1.78. The number of nitro groups is 1. The maximum atomic E-state index is 10.9. The van der Waals surface area contributed by atoms with Crippen LogP contribution in [-0.4, -0.2) is 19.0 Å². The van der Waals surface area contributed by atoms with Crippen molar-refractivity contribution in [3.05, 3.63) is 28.3 Å². The van der Waals surface area contributed by atoms with Crippen LogP contribution in [-0.2, 0) is 0 Å². The molecule has 0 bridgehead atoms. The Morgan fingerprint density at radius 2 is 1.92 bits per heavy atom. The molecule has 5 nitrogen and oxygen atoms in total. The van der Waals surface area contributed by atoms with Gasteiger partial charge in [-0.15, -0.1) is 0 Å². The Balaban J connectivity index is 3.26. The number of hydrogen-bond acceptors (Lipinski definition) is 4. The molecule has 0 spiro atoms. The lowest BCUT2D eigenvalue weighted by Gasteiger charge is -2.04. The fourth-order valence-corrected chi connectivity index (χ4v) is 0.847.